The summed E-state index contributed by atoms with van der Waals surface area (Å²) in [4.78, 5) is 34.1. The maximum Gasteiger partial charge on any atom is 0.331 e. The number of para-hydroxylation sites is 2. The number of nitrogens with one attached hydrogen (secondary N) is 2. The lowest BCUT2D eigenvalue weighted by Crippen LogP contribution is -2.53. The molecule has 188 valence electrons. The summed E-state index contributed by atoms with van der Waals surface area (Å²) in [5, 5.41) is 1.96. The van der Waals surface area contributed by atoms with Gasteiger partial charge >= 0.3 is 5.69 Å². The number of nitrogens with zero attached hydrogens (tertiary/aromatic N) is 4. The molecular weight excluding hydrogens is 468 g/mol. The lowest BCUT2D eigenvalue weighted by molar-refractivity contribution is -0.124. The van der Waals surface area contributed by atoms with Gasteiger partial charge in [0.15, 0.2) is 0 Å². The molecule has 4 aromatic rings. The number of carbonyl (C=O) groups excluding carboxylic acids is 1. The number of imidazole rings is 1. The van der Waals surface area contributed by atoms with E-state index >= 15 is 0 Å². The quantitative estimate of drug-likeness (QED) is 0.377. The number of aromatic amines is 1. The maximum absolute atomic E-state index is 12.8. The van der Waals surface area contributed by atoms with E-state index in [9.17, 15) is 9.59 Å². The van der Waals surface area contributed by atoms with Gasteiger partial charge in [0, 0.05) is 57.0 Å². The van der Waals surface area contributed by atoms with Crippen LogP contribution in [0, 0.1) is 0 Å². The van der Waals surface area contributed by atoms with E-state index in [2.05, 4.69) is 15.3 Å². The van der Waals surface area contributed by atoms with Crippen LogP contribution in [0.15, 0.2) is 70.5 Å². The standard InChI is InChI=1S/C28H28N6O3/c1-19(35)31-33-14-12-32(13-15-33)16-17-37-22-10-8-20(9-11-22)23-5-3-7-25-26(23)29-18-21-4-2-6-24-27(21)34(25)28(36)30-24/h2-11,18H,12-17H2,1H3,(H,30,36)(H,31,35). The molecule has 0 unspecified atom stereocenters. The Kier molecular flexibility index (Phi) is 6.07. The second-order valence-corrected chi connectivity index (χ2v) is 9.31. The highest BCUT2D eigenvalue weighted by molar-refractivity contribution is 6.02. The predicted molar refractivity (Wildman–Crippen MR) is 144 cm³/mol. The lowest BCUT2D eigenvalue weighted by Gasteiger charge is -2.34. The molecule has 6 rings (SSSR count). The van der Waals surface area contributed by atoms with Crippen molar-refractivity contribution in [3.05, 3.63) is 76.7 Å². The van der Waals surface area contributed by atoms with Crippen LogP contribution in [0.5, 0.6) is 5.75 Å². The van der Waals surface area contributed by atoms with Crippen LogP contribution in [0.3, 0.4) is 0 Å². The van der Waals surface area contributed by atoms with Crippen molar-refractivity contribution in [1.29, 1.82) is 0 Å². The molecule has 3 aromatic carbocycles. The maximum atomic E-state index is 12.8. The minimum Gasteiger partial charge on any atom is -0.492 e. The Bertz CT molecular complexity index is 1540. The number of hydrogen-bond donors (Lipinski definition) is 2. The first-order valence-corrected chi connectivity index (χ1v) is 12.5. The Morgan fingerprint density at radius 1 is 1.03 bits per heavy atom. The number of aromatic nitrogens is 2. The summed E-state index contributed by atoms with van der Waals surface area (Å²) in [5.74, 6) is 0.779. The molecular formula is C28H28N6O3. The number of benzene rings is 3. The van der Waals surface area contributed by atoms with Gasteiger partial charge in [-0.05, 0) is 29.8 Å². The topological polar surface area (TPSA) is 95.0 Å². The lowest BCUT2D eigenvalue weighted by atomic mass is 10.0. The molecule has 3 heterocycles. The van der Waals surface area contributed by atoms with Gasteiger partial charge in [-0.25, -0.2) is 9.80 Å². The molecule has 1 aromatic heterocycles. The van der Waals surface area contributed by atoms with Gasteiger partial charge in [-0.15, -0.1) is 0 Å². The number of hydrogen-bond acceptors (Lipinski definition) is 6. The summed E-state index contributed by atoms with van der Waals surface area (Å²) >= 11 is 0. The van der Waals surface area contributed by atoms with Crippen LogP contribution in [-0.2, 0) is 4.79 Å². The molecule has 2 aliphatic heterocycles. The Balaban J connectivity index is 1.16. The van der Waals surface area contributed by atoms with Crippen LogP contribution in [0.25, 0.3) is 27.8 Å². The number of amides is 1. The van der Waals surface area contributed by atoms with Crippen LogP contribution >= 0.6 is 0 Å². The number of fused-ring (bicyclic) bond motifs is 2. The first-order valence-electron chi connectivity index (χ1n) is 12.5. The second-order valence-electron chi connectivity index (χ2n) is 9.31. The molecule has 9 nitrogen and oxygen atoms in total. The third-order valence-corrected chi connectivity index (χ3v) is 6.85. The van der Waals surface area contributed by atoms with E-state index in [-0.39, 0.29) is 11.6 Å². The zero-order valence-corrected chi connectivity index (χ0v) is 20.6. The molecule has 1 fully saturated rings. The molecule has 0 bridgehead atoms. The second kappa shape index (κ2) is 9.68. The third kappa shape index (κ3) is 4.54. The molecule has 37 heavy (non-hydrogen) atoms. The fraction of sp³-hybridized carbons (Fsp3) is 0.250. The zero-order valence-electron chi connectivity index (χ0n) is 20.6. The van der Waals surface area contributed by atoms with Crippen molar-refractivity contribution in [2.24, 2.45) is 4.99 Å². The average molecular weight is 497 g/mol. The van der Waals surface area contributed by atoms with E-state index < -0.39 is 0 Å². The molecule has 1 amide bonds. The van der Waals surface area contributed by atoms with Crippen LogP contribution in [0.2, 0.25) is 0 Å². The van der Waals surface area contributed by atoms with Gasteiger partial charge in [0.2, 0.25) is 5.91 Å². The predicted octanol–water partition coefficient (Wildman–Crippen LogP) is 3.10. The van der Waals surface area contributed by atoms with Gasteiger partial charge in [0.1, 0.15) is 12.4 Å². The Hall–Kier alpha value is -4.21. The molecule has 1 saturated heterocycles. The van der Waals surface area contributed by atoms with Crippen molar-refractivity contribution in [1.82, 2.24) is 24.9 Å². The van der Waals surface area contributed by atoms with Gasteiger partial charge in [-0.2, -0.15) is 0 Å². The van der Waals surface area contributed by atoms with Crippen LogP contribution in [-0.4, -0.2) is 70.9 Å². The number of hydrazine groups is 1. The first-order chi connectivity index (χ1) is 18.1. The van der Waals surface area contributed by atoms with E-state index in [0.717, 1.165) is 77.6 Å². The largest absolute Gasteiger partial charge is 0.492 e. The number of ether oxygens (including phenoxy) is 1. The molecule has 0 atom stereocenters. The summed E-state index contributed by atoms with van der Waals surface area (Å²) in [5.41, 5.74) is 8.68. The molecule has 0 saturated carbocycles. The molecule has 0 aliphatic carbocycles. The van der Waals surface area contributed by atoms with Gasteiger partial charge in [0.05, 0.1) is 22.4 Å². The van der Waals surface area contributed by atoms with E-state index in [1.165, 1.54) is 6.92 Å². The highest BCUT2D eigenvalue weighted by atomic mass is 16.5. The molecule has 2 aliphatic rings. The summed E-state index contributed by atoms with van der Waals surface area (Å²) < 4.78 is 7.72. The van der Waals surface area contributed by atoms with Crippen molar-refractivity contribution in [2.45, 2.75) is 6.92 Å². The fourth-order valence-corrected chi connectivity index (χ4v) is 5.06. The Morgan fingerprint density at radius 2 is 1.81 bits per heavy atom. The summed E-state index contributed by atoms with van der Waals surface area (Å²) in [6, 6.07) is 19.7. The van der Waals surface area contributed by atoms with Gasteiger partial charge in [-0.3, -0.25) is 24.7 Å². The molecule has 0 radical (unpaired) electrons. The zero-order chi connectivity index (χ0) is 25.4. The van der Waals surface area contributed by atoms with Crippen molar-refractivity contribution < 1.29 is 9.53 Å². The molecule has 2 N–H and O–H groups in total. The highest BCUT2D eigenvalue weighted by Gasteiger charge is 2.20. The minimum atomic E-state index is -0.174. The monoisotopic (exact) mass is 496 g/mol. The van der Waals surface area contributed by atoms with Crippen molar-refractivity contribution >= 4 is 28.8 Å². The summed E-state index contributed by atoms with van der Waals surface area (Å²) in [6.07, 6.45) is 1.83. The van der Waals surface area contributed by atoms with E-state index in [4.69, 9.17) is 9.73 Å². The van der Waals surface area contributed by atoms with E-state index in [1.54, 1.807) is 4.57 Å². The highest BCUT2D eigenvalue weighted by Crippen LogP contribution is 2.38. The molecule has 9 heteroatoms. The Labute approximate surface area is 214 Å². The van der Waals surface area contributed by atoms with Crippen LogP contribution < -0.4 is 15.9 Å². The van der Waals surface area contributed by atoms with Crippen molar-refractivity contribution in [3.63, 3.8) is 0 Å². The van der Waals surface area contributed by atoms with Crippen LogP contribution in [0.4, 0.5) is 5.69 Å². The van der Waals surface area contributed by atoms with E-state index in [0.29, 0.717) is 6.61 Å². The SMILES string of the molecule is CC(=O)NN1CCN(CCOc2ccc(-c3cccc4c3N=Cc3cccc5[nH]c(=O)n-4c35)cc2)CC1. The van der Waals surface area contributed by atoms with Gasteiger partial charge < -0.3 is 9.72 Å². The Morgan fingerprint density at radius 3 is 2.59 bits per heavy atom. The van der Waals surface area contributed by atoms with Crippen LogP contribution in [0.1, 0.15) is 12.5 Å². The summed E-state index contributed by atoms with van der Waals surface area (Å²) in [6.45, 7) is 6.36. The smallest absolute Gasteiger partial charge is 0.331 e. The fourth-order valence-electron chi connectivity index (χ4n) is 5.06. The molecule has 0 spiro atoms. The first kappa shape index (κ1) is 23.2. The van der Waals surface area contributed by atoms with Gasteiger partial charge in [-0.1, -0.05) is 36.4 Å². The van der Waals surface area contributed by atoms with Gasteiger partial charge in [0.25, 0.3) is 0 Å². The average Bonchev–Trinajstić information content (AvgIpc) is 3.13. The third-order valence-electron chi connectivity index (χ3n) is 6.85. The number of rotatable bonds is 6. The normalized spacial score (nSPS) is 15.4. The number of aliphatic imine (C=N–C) groups is 1. The number of H-pyrrole nitrogens is 1. The van der Waals surface area contributed by atoms with Crippen molar-refractivity contribution in [3.8, 4) is 22.6 Å². The number of piperazine rings is 1. The van der Waals surface area contributed by atoms with Crippen molar-refractivity contribution in [2.75, 3.05) is 39.3 Å². The summed E-state index contributed by atoms with van der Waals surface area (Å²) in [7, 11) is 0. The number of carbonyl (C=O) groups is 1. The van der Waals surface area contributed by atoms with E-state index in [1.807, 2.05) is 71.9 Å². The minimum absolute atomic E-state index is 0.0284.